The molecule has 0 atom stereocenters. The van der Waals surface area contributed by atoms with Gasteiger partial charge in [0.1, 0.15) is 0 Å². The molecule has 2 aromatic heterocycles. The number of ketones is 1. The van der Waals surface area contributed by atoms with Gasteiger partial charge in [-0.05, 0) is 60.5 Å². The maximum Gasteiger partial charge on any atom is 0.162 e. The number of aromatic nitrogens is 2. The average Bonchev–Trinajstić information content (AvgIpc) is 2.96. The molecule has 0 spiro atoms. The van der Waals surface area contributed by atoms with Crippen LogP contribution < -0.4 is 5.19 Å². The van der Waals surface area contributed by atoms with E-state index in [0.29, 0.717) is 0 Å². The quantitative estimate of drug-likeness (QED) is 0.0840. The SMILES string of the molecule is CC1(C)c2cc3c([Si](C)(C)C)cccc3nc2-c2[c-]cnc3cccc1c23.CCC(CC)C(=O)/C=C(\O)C(CC)CC.[Ir]. The Labute approximate surface area is 272 Å². The molecule has 0 amide bonds. The molecular formula is C37H47IrN2O2Si-. The van der Waals surface area contributed by atoms with Gasteiger partial charge in [0.25, 0.3) is 0 Å². The molecule has 0 saturated carbocycles. The van der Waals surface area contributed by atoms with E-state index < -0.39 is 8.07 Å². The van der Waals surface area contributed by atoms with E-state index in [0.717, 1.165) is 48.0 Å². The van der Waals surface area contributed by atoms with Crippen LogP contribution in [0.15, 0.2) is 60.5 Å². The Kier molecular flexibility index (Phi) is 11.3. The van der Waals surface area contributed by atoms with E-state index in [1.165, 1.54) is 33.2 Å². The molecule has 1 aliphatic rings. The fourth-order valence-electron chi connectivity index (χ4n) is 6.30. The third-order valence-corrected chi connectivity index (χ3v) is 11.1. The Morgan fingerprint density at radius 3 is 2.14 bits per heavy atom. The van der Waals surface area contributed by atoms with Gasteiger partial charge in [0.15, 0.2) is 5.78 Å². The number of carbonyl (C=O) groups is 1. The molecule has 5 rings (SSSR count). The fourth-order valence-corrected chi connectivity index (χ4v) is 7.90. The smallest absolute Gasteiger partial charge is 0.162 e. The molecule has 1 radical (unpaired) electrons. The molecule has 1 aliphatic carbocycles. The average molecular weight is 772 g/mol. The first-order valence-electron chi connectivity index (χ1n) is 15.6. The summed E-state index contributed by atoms with van der Waals surface area (Å²) in [7, 11) is -1.47. The molecule has 1 N–H and O–H groups in total. The molecule has 0 unspecified atom stereocenters. The van der Waals surface area contributed by atoms with Crippen LogP contribution in [0.2, 0.25) is 19.6 Å². The standard InChI is InChI=1S/C24H23N2Si.C13H24O2.Ir/c1-24(2)17-8-6-10-20-22(17)15(12-13-25-20)23-18(24)14-16-19(26-23)9-7-11-21(16)27(3,4)5;1-5-10(6-2)12(14)9-13(15)11(7-3)8-4;/h6-11,13-14H,1-5H3;9-11,14H,5-8H2,1-4H3;/q-1;;/b;12-9-;. The summed E-state index contributed by atoms with van der Waals surface area (Å²) >= 11 is 0. The minimum Gasteiger partial charge on any atom is -0.512 e. The van der Waals surface area contributed by atoms with Crippen molar-refractivity contribution in [3.8, 4) is 11.3 Å². The molecule has 0 fully saturated rings. The van der Waals surface area contributed by atoms with Crippen LogP contribution >= 0.6 is 0 Å². The van der Waals surface area contributed by atoms with Crippen molar-refractivity contribution in [1.82, 2.24) is 9.97 Å². The van der Waals surface area contributed by atoms with Crippen LogP contribution in [0.1, 0.15) is 78.4 Å². The van der Waals surface area contributed by atoms with E-state index in [1.807, 2.05) is 27.7 Å². The van der Waals surface area contributed by atoms with Gasteiger partial charge in [-0.15, -0.1) is 0 Å². The molecule has 0 aliphatic heterocycles. The third kappa shape index (κ3) is 6.87. The van der Waals surface area contributed by atoms with Crippen molar-refractivity contribution < 1.29 is 30.0 Å². The Balaban J connectivity index is 0.000000274. The molecule has 2 heterocycles. The van der Waals surface area contributed by atoms with E-state index in [1.54, 1.807) is 6.20 Å². The molecule has 2 aromatic carbocycles. The van der Waals surface area contributed by atoms with Crippen LogP contribution in [0.4, 0.5) is 0 Å². The number of pyridine rings is 2. The van der Waals surface area contributed by atoms with E-state index in [2.05, 4.69) is 87.0 Å². The van der Waals surface area contributed by atoms with Crippen molar-refractivity contribution in [2.75, 3.05) is 0 Å². The summed E-state index contributed by atoms with van der Waals surface area (Å²) in [6.07, 6.45) is 6.69. The van der Waals surface area contributed by atoms with Crippen LogP contribution in [-0.2, 0) is 30.3 Å². The number of aliphatic hydroxyl groups excluding tert-OH is 1. The molecule has 0 bridgehead atoms. The molecule has 4 nitrogen and oxygen atoms in total. The van der Waals surface area contributed by atoms with E-state index in [9.17, 15) is 9.90 Å². The van der Waals surface area contributed by atoms with Crippen LogP contribution in [-0.4, -0.2) is 28.9 Å². The van der Waals surface area contributed by atoms with Crippen molar-refractivity contribution in [3.63, 3.8) is 0 Å². The second kappa shape index (κ2) is 14.0. The minimum absolute atomic E-state index is 0. The second-order valence-corrected chi connectivity index (χ2v) is 18.1. The third-order valence-electron chi connectivity index (χ3n) is 9.04. The predicted octanol–water partition coefficient (Wildman–Crippen LogP) is 9.30. The number of hydrogen-bond donors (Lipinski definition) is 1. The molecule has 4 aromatic rings. The van der Waals surface area contributed by atoms with Crippen molar-refractivity contribution >= 4 is 40.8 Å². The minimum atomic E-state index is -1.47. The molecular weight excluding hydrogens is 725 g/mol. The number of carbonyl (C=O) groups excluding carboxylic acids is 1. The molecule has 43 heavy (non-hydrogen) atoms. The first-order chi connectivity index (χ1) is 19.9. The van der Waals surface area contributed by atoms with E-state index in [-0.39, 0.29) is 48.9 Å². The Hall–Kier alpha value is -2.66. The topological polar surface area (TPSA) is 63.1 Å². The molecule has 231 valence electrons. The number of allylic oxidation sites excluding steroid dienone is 2. The largest absolute Gasteiger partial charge is 0.512 e. The number of hydrogen-bond acceptors (Lipinski definition) is 4. The van der Waals surface area contributed by atoms with E-state index in [4.69, 9.17) is 4.98 Å². The van der Waals surface area contributed by atoms with Gasteiger partial charge >= 0.3 is 0 Å². The number of rotatable bonds is 8. The van der Waals surface area contributed by atoms with Crippen LogP contribution in [0.5, 0.6) is 0 Å². The first kappa shape index (κ1) is 34.8. The zero-order chi connectivity index (χ0) is 30.8. The van der Waals surface area contributed by atoms with Crippen molar-refractivity contribution in [1.29, 1.82) is 0 Å². The van der Waals surface area contributed by atoms with E-state index >= 15 is 0 Å². The first-order valence-corrected chi connectivity index (χ1v) is 19.1. The summed E-state index contributed by atoms with van der Waals surface area (Å²) in [6.45, 7) is 19.9. The number of nitrogens with zero attached hydrogens (tertiary/aromatic N) is 2. The van der Waals surface area contributed by atoms with Gasteiger partial charge in [-0.2, -0.15) is 11.6 Å². The van der Waals surface area contributed by atoms with Gasteiger partial charge in [-0.1, -0.05) is 113 Å². The van der Waals surface area contributed by atoms with Crippen LogP contribution in [0.25, 0.3) is 33.1 Å². The summed E-state index contributed by atoms with van der Waals surface area (Å²) in [6, 6.07) is 18.8. The second-order valence-electron chi connectivity index (χ2n) is 13.1. The summed E-state index contributed by atoms with van der Waals surface area (Å²) in [5, 5.41) is 13.8. The number of fused-ring (bicyclic) bond motifs is 3. The predicted molar refractivity (Wildman–Crippen MR) is 180 cm³/mol. The van der Waals surface area contributed by atoms with Gasteiger partial charge in [-0.25, -0.2) is 0 Å². The summed E-state index contributed by atoms with van der Waals surface area (Å²) in [4.78, 5) is 21.4. The van der Waals surface area contributed by atoms with Crippen LogP contribution in [0.3, 0.4) is 0 Å². The Morgan fingerprint density at radius 1 is 0.930 bits per heavy atom. The van der Waals surface area contributed by atoms with Crippen molar-refractivity contribution in [2.24, 2.45) is 11.8 Å². The number of aliphatic hydroxyl groups is 1. The monoisotopic (exact) mass is 772 g/mol. The zero-order valence-corrected chi connectivity index (χ0v) is 30.7. The summed E-state index contributed by atoms with van der Waals surface area (Å²) in [5.74, 6) is 0.547. The van der Waals surface area contributed by atoms with Gasteiger partial charge < -0.3 is 10.1 Å². The Morgan fingerprint density at radius 2 is 1.53 bits per heavy atom. The number of benzene rings is 2. The Bertz CT molecular complexity index is 1620. The summed E-state index contributed by atoms with van der Waals surface area (Å²) in [5.41, 5.74) is 6.75. The molecule has 6 heteroatoms. The van der Waals surface area contributed by atoms with Crippen molar-refractivity contribution in [2.45, 2.75) is 92.3 Å². The normalized spacial score (nSPS) is 13.9. The maximum atomic E-state index is 11.7. The summed E-state index contributed by atoms with van der Waals surface area (Å²) < 4.78 is 0. The van der Waals surface area contributed by atoms with Gasteiger partial charge in [0.2, 0.25) is 0 Å². The molecule has 0 saturated heterocycles. The zero-order valence-electron chi connectivity index (χ0n) is 27.3. The van der Waals surface area contributed by atoms with Gasteiger partial charge in [-0.3, -0.25) is 9.78 Å². The fraction of sp³-hybridized carbons (Fsp3) is 0.432. The van der Waals surface area contributed by atoms with Crippen molar-refractivity contribution in [3.05, 3.63) is 77.7 Å². The van der Waals surface area contributed by atoms with Crippen LogP contribution in [0, 0.1) is 17.9 Å². The van der Waals surface area contributed by atoms with Gasteiger partial charge in [0, 0.05) is 43.5 Å². The maximum absolute atomic E-state index is 11.7. The van der Waals surface area contributed by atoms with Gasteiger partial charge in [0.05, 0.1) is 19.3 Å².